The molecule has 0 radical (unpaired) electrons. The van der Waals surface area contributed by atoms with Gasteiger partial charge in [0.15, 0.2) is 0 Å². The van der Waals surface area contributed by atoms with Crippen molar-refractivity contribution in [2.24, 2.45) is 0 Å². The van der Waals surface area contributed by atoms with Crippen molar-refractivity contribution in [3.05, 3.63) is 59.2 Å². The highest BCUT2D eigenvalue weighted by molar-refractivity contribution is 7.92. The molecule has 0 aromatic heterocycles. The second-order valence-electron chi connectivity index (χ2n) is 8.78. The highest BCUT2D eigenvalue weighted by Crippen LogP contribution is 2.40. The monoisotopic (exact) mass is 428 g/mol. The molecule has 7 heteroatoms. The number of rotatable bonds is 3. The van der Waals surface area contributed by atoms with Crippen molar-refractivity contribution in [2.75, 3.05) is 16.6 Å². The molecule has 1 amide bonds. The number of nitrogens with one attached hydrogen (secondary N) is 1. The highest BCUT2D eigenvalue weighted by atomic mass is 32.2. The van der Waals surface area contributed by atoms with E-state index in [-0.39, 0.29) is 17.7 Å². The third kappa shape index (κ3) is 4.17. The molecule has 0 unspecified atom stereocenters. The van der Waals surface area contributed by atoms with Gasteiger partial charge in [-0.3, -0.25) is 9.10 Å². The van der Waals surface area contributed by atoms with E-state index in [1.54, 1.807) is 24.3 Å². The van der Waals surface area contributed by atoms with E-state index in [1.165, 1.54) is 4.31 Å². The van der Waals surface area contributed by atoms with Gasteiger partial charge >= 0.3 is 0 Å². The Bertz CT molecular complexity index is 1080. The van der Waals surface area contributed by atoms with Crippen LogP contribution < -0.4 is 14.4 Å². The summed E-state index contributed by atoms with van der Waals surface area (Å²) in [5, 5.41) is 3.14. The van der Waals surface area contributed by atoms with E-state index in [0.717, 1.165) is 23.3 Å². The average molecular weight is 429 g/mol. The molecule has 160 valence electrons. The number of fused-ring (bicyclic) bond motifs is 1. The Morgan fingerprint density at radius 1 is 1.17 bits per heavy atom. The minimum atomic E-state index is -3.32. The molecule has 30 heavy (non-hydrogen) atoms. The minimum Gasteiger partial charge on any atom is -0.487 e. The first kappa shape index (κ1) is 20.7. The molecular weight excluding hydrogens is 400 g/mol. The number of anilines is 1. The standard InChI is InChI=1S/C23H28N2O4S/c1-16-9-10-21-19(13-16)20(15-23(2,3)29-21)24-22(26)17-7-6-8-18(14-17)25-11-4-5-12-30(25,27)28/h6-10,13-14,20H,4-5,11-12,15H2,1-3H3,(H,24,26)/t20-/m1/s1. The molecule has 2 heterocycles. The van der Waals surface area contributed by atoms with E-state index in [4.69, 9.17) is 4.74 Å². The van der Waals surface area contributed by atoms with Gasteiger partial charge in [-0.25, -0.2) is 8.42 Å². The Hall–Kier alpha value is -2.54. The first-order valence-corrected chi connectivity index (χ1v) is 12.0. The van der Waals surface area contributed by atoms with Gasteiger partial charge in [-0.1, -0.05) is 23.8 Å². The van der Waals surface area contributed by atoms with Crippen molar-refractivity contribution in [3.63, 3.8) is 0 Å². The number of carbonyl (C=O) groups is 1. The molecule has 1 saturated heterocycles. The number of benzene rings is 2. The van der Waals surface area contributed by atoms with Gasteiger partial charge in [0.25, 0.3) is 5.91 Å². The normalized spacial score (nSPS) is 22.0. The number of aryl methyl sites for hydroxylation is 1. The number of ether oxygens (including phenoxy) is 1. The predicted molar refractivity (Wildman–Crippen MR) is 118 cm³/mol. The molecule has 2 aromatic rings. The fraction of sp³-hybridized carbons (Fsp3) is 0.435. The number of hydrogen-bond acceptors (Lipinski definition) is 4. The summed E-state index contributed by atoms with van der Waals surface area (Å²) in [5.74, 6) is 0.716. The lowest BCUT2D eigenvalue weighted by atomic mass is 9.88. The maximum Gasteiger partial charge on any atom is 0.251 e. The number of sulfonamides is 1. The van der Waals surface area contributed by atoms with E-state index in [0.29, 0.717) is 30.6 Å². The summed E-state index contributed by atoms with van der Waals surface area (Å²) in [7, 11) is -3.32. The van der Waals surface area contributed by atoms with Crippen LogP contribution in [0.3, 0.4) is 0 Å². The lowest BCUT2D eigenvalue weighted by Gasteiger charge is -2.38. The quantitative estimate of drug-likeness (QED) is 0.803. The van der Waals surface area contributed by atoms with E-state index in [1.807, 2.05) is 39.0 Å². The average Bonchev–Trinajstić information content (AvgIpc) is 2.67. The van der Waals surface area contributed by atoms with Gasteiger partial charge in [0.2, 0.25) is 10.0 Å². The van der Waals surface area contributed by atoms with Gasteiger partial charge in [0.1, 0.15) is 11.4 Å². The first-order chi connectivity index (χ1) is 14.1. The Morgan fingerprint density at radius 3 is 2.73 bits per heavy atom. The van der Waals surface area contributed by atoms with Crippen LogP contribution in [0, 0.1) is 6.92 Å². The minimum absolute atomic E-state index is 0.150. The Morgan fingerprint density at radius 2 is 1.97 bits per heavy atom. The van der Waals surface area contributed by atoms with Gasteiger partial charge in [0, 0.05) is 24.1 Å². The lowest BCUT2D eigenvalue weighted by Crippen LogP contribution is -2.41. The van der Waals surface area contributed by atoms with Crippen molar-refractivity contribution in [1.82, 2.24) is 5.32 Å². The second kappa shape index (κ2) is 7.61. The molecule has 1 N–H and O–H groups in total. The molecule has 2 aliphatic heterocycles. The van der Waals surface area contributed by atoms with Crippen LogP contribution in [0.5, 0.6) is 5.75 Å². The third-order valence-corrected chi connectivity index (χ3v) is 7.54. The Labute approximate surface area is 178 Å². The first-order valence-electron chi connectivity index (χ1n) is 10.4. The summed E-state index contributed by atoms with van der Waals surface area (Å²) in [6.45, 7) is 6.49. The third-order valence-electron chi connectivity index (χ3n) is 5.67. The zero-order chi connectivity index (χ0) is 21.5. The summed E-state index contributed by atoms with van der Waals surface area (Å²) < 4.78 is 32.4. The fourth-order valence-corrected chi connectivity index (χ4v) is 5.86. The van der Waals surface area contributed by atoms with Crippen LogP contribution >= 0.6 is 0 Å². The second-order valence-corrected chi connectivity index (χ2v) is 10.8. The largest absolute Gasteiger partial charge is 0.487 e. The van der Waals surface area contributed by atoms with Crippen LogP contribution in [0.4, 0.5) is 5.69 Å². The predicted octanol–water partition coefficient (Wildman–Crippen LogP) is 3.96. The molecule has 2 aliphatic rings. The molecule has 0 spiro atoms. The summed E-state index contributed by atoms with van der Waals surface area (Å²) in [4.78, 5) is 13.1. The molecule has 6 nitrogen and oxygen atoms in total. The molecule has 0 saturated carbocycles. The summed E-state index contributed by atoms with van der Waals surface area (Å²) in [6, 6.07) is 12.7. The van der Waals surface area contributed by atoms with Crippen LogP contribution in [0.1, 0.15) is 60.6 Å². The summed E-state index contributed by atoms with van der Waals surface area (Å²) >= 11 is 0. The van der Waals surface area contributed by atoms with E-state index in [9.17, 15) is 13.2 Å². The van der Waals surface area contributed by atoms with E-state index in [2.05, 4.69) is 5.32 Å². The van der Waals surface area contributed by atoms with Crippen LogP contribution in [0.15, 0.2) is 42.5 Å². The maximum atomic E-state index is 13.1. The van der Waals surface area contributed by atoms with Crippen molar-refractivity contribution in [1.29, 1.82) is 0 Å². The lowest BCUT2D eigenvalue weighted by molar-refractivity contribution is 0.0619. The fourth-order valence-electron chi connectivity index (χ4n) is 4.23. The van der Waals surface area contributed by atoms with Gasteiger partial charge in [-0.2, -0.15) is 0 Å². The number of carbonyl (C=O) groups excluding carboxylic acids is 1. The van der Waals surface area contributed by atoms with Crippen LogP contribution in [0.2, 0.25) is 0 Å². The van der Waals surface area contributed by atoms with E-state index < -0.39 is 15.6 Å². The van der Waals surface area contributed by atoms with E-state index >= 15 is 0 Å². The molecule has 1 fully saturated rings. The number of amides is 1. The smallest absolute Gasteiger partial charge is 0.251 e. The van der Waals surface area contributed by atoms with Gasteiger partial charge in [-0.05, 0) is 57.9 Å². The maximum absolute atomic E-state index is 13.1. The molecular formula is C23H28N2O4S. The zero-order valence-electron chi connectivity index (χ0n) is 17.6. The molecule has 0 bridgehead atoms. The SMILES string of the molecule is Cc1ccc2c(c1)[C@H](NC(=O)c1cccc(N3CCCCS3(=O)=O)c1)CC(C)(C)O2. The molecule has 1 atom stereocenters. The van der Waals surface area contributed by atoms with Crippen LogP contribution in [-0.2, 0) is 10.0 Å². The van der Waals surface area contributed by atoms with Gasteiger partial charge in [-0.15, -0.1) is 0 Å². The van der Waals surface area contributed by atoms with Gasteiger partial charge in [0.05, 0.1) is 17.5 Å². The van der Waals surface area contributed by atoms with Crippen LogP contribution in [0.25, 0.3) is 0 Å². The van der Waals surface area contributed by atoms with Crippen molar-refractivity contribution < 1.29 is 17.9 Å². The Balaban J connectivity index is 1.60. The topological polar surface area (TPSA) is 75.7 Å². The molecule has 4 rings (SSSR count). The van der Waals surface area contributed by atoms with Gasteiger partial charge < -0.3 is 10.1 Å². The highest BCUT2D eigenvalue weighted by Gasteiger charge is 2.35. The van der Waals surface area contributed by atoms with Crippen molar-refractivity contribution in [2.45, 2.75) is 51.7 Å². The number of nitrogens with zero attached hydrogens (tertiary/aromatic N) is 1. The Kier molecular flexibility index (Phi) is 5.26. The van der Waals surface area contributed by atoms with Crippen LogP contribution in [-0.4, -0.2) is 32.2 Å². The number of hydrogen-bond donors (Lipinski definition) is 1. The van der Waals surface area contributed by atoms with Crippen molar-refractivity contribution >= 4 is 21.6 Å². The molecule has 0 aliphatic carbocycles. The summed E-state index contributed by atoms with van der Waals surface area (Å²) in [5.41, 5.74) is 2.67. The summed E-state index contributed by atoms with van der Waals surface area (Å²) in [6.07, 6.45) is 2.15. The molecule has 2 aromatic carbocycles. The zero-order valence-corrected chi connectivity index (χ0v) is 18.5. The van der Waals surface area contributed by atoms with Crippen molar-refractivity contribution in [3.8, 4) is 5.75 Å².